The van der Waals surface area contributed by atoms with E-state index in [4.69, 9.17) is 17.3 Å². The molecule has 98 valence electrons. The highest BCUT2D eigenvalue weighted by Crippen LogP contribution is 2.21. The molecule has 0 aliphatic carbocycles. The molecule has 3 N–H and O–H groups in total. The van der Waals surface area contributed by atoms with Crippen molar-refractivity contribution in [2.24, 2.45) is 0 Å². The summed E-state index contributed by atoms with van der Waals surface area (Å²) in [6, 6.07) is 14.4. The van der Waals surface area contributed by atoms with Crippen LogP contribution in [0.1, 0.15) is 18.4 Å². The van der Waals surface area contributed by atoms with Crippen molar-refractivity contribution in [2.45, 2.75) is 12.8 Å². The van der Waals surface area contributed by atoms with E-state index in [2.05, 4.69) is 5.32 Å². The Bertz CT molecular complexity index is 598. The Hall–Kier alpha value is -2.00. The number of carbonyl (C=O) groups excluding carboxylic acids is 1. The third kappa shape index (κ3) is 3.48. The van der Waals surface area contributed by atoms with Crippen LogP contribution in [0.25, 0.3) is 0 Å². The van der Waals surface area contributed by atoms with Gasteiger partial charge in [-0.1, -0.05) is 29.8 Å². The number of benzene rings is 2. The molecule has 0 aliphatic rings. The molecule has 3 nitrogen and oxygen atoms in total. The van der Waals surface area contributed by atoms with Crippen molar-refractivity contribution in [1.82, 2.24) is 0 Å². The first-order valence-electron chi connectivity index (χ1n) is 5.98. The van der Waals surface area contributed by atoms with Crippen LogP contribution in [-0.4, -0.2) is 5.91 Å². The average Bonchev–Trinajstić information content (AvgIpc) is 2.38. The third-order valence-corrected chi connectivity index (χ3v) is 3.13. The summed E-state index contributed by atoms with van der Waals surface area (Å²) in [4.78, 5) is 12.1. The molecule has 1 atom stereocenters. The lowest BCUT2D eigenvalue weighted by molar-refractivity contribution is -0.117. The Morgan fingerprint density at radius 3 is 2.63 bits per heavy atom. The molecular formula is C15H15ClN2O. The maximum atomic E-state index is 12.1. The topological polar surface area (TPSA) is 55.1 Å². The average molecular weight is 275 g/mol. The molecule has 0 saturated carbocycles. The minimum Gasteiger partial charge on any atom is -0.399 e. The fourth-order valence-electron chi connectivity index (χ4n) is 1.80. The molecule has 0 aromatic heterocycles. The minimum atomic E-state index is -0.275. The number of rotatable bonds is 3. The van der Waals surface area contributed by atoms with Crippen LogP contribution in [0, 0.1) is 0 Å². The molecule has 2 aromatic carbocycles. The highest BCUT2D eigenvalue weighted by molar-refractivity contribution is 6.30. The van der Waals surface area contributed by atoms with Gasteiger partial charge in [-0.15, -0.1) is 0 Å². The van der Waals surface area contributed by atoms with Crippen LogP contribution in [0.4, 0.5) is 11.4 Å². The van der Waals surface area contributed by atoms with Crippen molar-refractivity contribution in [1.29, 1.82) is 0 Å². The van der Waals surface area contributed by atoms with E-state index in [0.29, 0.717) is 16.4 Å². The summed E-state index contributed by atoms with van der Waals surface area (Å²) in [5, 5.41) is 3.43. The van der Waals surface area contributed by atoms with Gasteiger partial charge in [-0.25, -0.2) is 0 Å². The van der Waals surface area contributed by atoms with Gasteiger partial charge in [0.05, 0.1) is 5.92 Å². The quantitative estimate of drug-likeness (QED) is 0.839. The highest BCUT2D eigenvalue weighted by Gasteiger charge is 2.15. The summed E-state index contributed by atoms with van der Waals surface area (Å²) in [5.74, 6) is -0.365. The fourth-order valence-corrected chi connectivity index (χ4v) is 1.99. The molecule has 1 amide bonds. The zero-order valence-electron chi connectivity index (χ0n) is 10.6. The number of hydrogen-bond donors (Lipinski definition) is 2. The van der Waals surface area contributed by atoms with Gasteiger partial charge in [0.2, 0.25) is 5.91 Å². The maximum Gasteiger partial charge on any atom is 0.231 e. The van der Waals surface area contributed by atoms with Gasteiger partial charge in [0.15, 0.2) is 0 Å². The number of amides is 1. The number of hydrogen-bond acceptors (Lipinski definition) is 2. The summed E-state index contributed by atoms with van der Waals surface area (Å²) in [7, 11) is 0. The first kappa shape index (κ1) is 13.4. The summed E-state index contributed by atoms with van der Waals surface area (Å²) in [6.07, 6.45) is 0. The van der Waals surface area contributed by atoms with Crippen LogP contribution < -0.4 is 11.1 Å². The highest BCUT2D eigenvalue weighted by atomic mass is 35.5. The van der Waals surface area contributed by atoms with Gasteiger partial charge in [0, 0.05) is 16.4 Å². The van der Waals surface area contributed by atoms with Gasteiger partial charge in [0.25, 0.3) is 0 Å². The largest absolute Gasteiger partial charge is 0.399 e. The van der Waals surface area contributed by atoms with Crippen molar-refractivity contribution >= 4 is 28.9 Å². The molecule has 0 radical (unpaired) electrons. The second-order valence-electron chi connectivity index (χ2n) is 4.39. The standard InChI is InChI=1S/C15H15ClN2O/c1-10(11-4-2-6-13(17)8-11)15(19)18-14-7-3-5-12(16)9-14/h2-10H,17H2,1H3,(H,18,19). The first-order chi connectivity index (χ1) is 9.06. The van der Waals surface area contributed by atoms with Crippen LogP contribution in [-0.2, 0) is 4.79 Å². The van der Waals surface area contributed by atoms with E-state index >= 15 is 0 Å². The Morgan fingerprint density at radius 2 is 1.95 bits per heavy atom. The minimum absolute atomic E-state index is 0.0899. The van der Waals surface area contributed by atoms with Crippen molar-refractivity contribution in [3.63, 3.8) is 0 Å². The van der Waals surface area contributed by atoms with Crippen molar-refractivity contribution < 1.29 is 4.79 Å². The summed E-state index contributed by atoms with van der Waals surface area (Å²) >= 11 is 5.88. The lowest BCUT2D eigenvalue weighted by atomic mass is 10.00. The molecule has 0 saturated heterocycles. The number of halogens is 1. The van der Waals surface area contributed by atoms with Crippen molar-refractivity contribution in [3.05, 3.63) is 59.1 Å². The molecule has 0 aliphatic heterocycles. The molecule has 0 heterocycles. The van der Waals surface area contributed by atoms with E-state index in [1.54, 1.807) is 30.3 Å². The first-order valence-corrected chi connectivity index (χ1v) is 6.36. The number of nitrogen functional groups attached to an aromatic ring is 1. The van der Waals surface area contributed by atoms with Gasteiger partial charge in [-0.3, -0.25) is 4.79 Å². The molecule has 2 aromatic rings. The normalized spacial score (nSPS) is 11.9. The lowest BCUT2D eigenvalue weighted by Gasteiger charge is -2.13. The molecule has 1 unspecified atom stereocenters. The van der Waals surface area contributed by atoms with Crippen LogP contribution >= 0.6 is 11.6 Å². The fraction of sp³-hybridized carbons (Fsp3) is 0.133. The number of nitrogens with one attached hydrogen (secondary N) is 1. The lowest BCUT2D eigenvalue weighted by Crippen LogP contribution is -2.18. The third-order valence-electron chi connectivity index (χ3n) is 2.90. The molecule has 0 spiro atoms. The van der Waals surface area contributed by atoms with Crippen LogP contribution in [0.15, 0.2) is 48.5 Å². The molecule has 19 heavy (non-hydrogen) atoms. The predicted molar refractivity (Wildman–Crippen MR) is 79.4 cm³/mol. The van der Waals surface area contributed by atoms with E-state index in [1.165, 1.54) is 0 Å². The summed E-state index contributed by atoms with van der Waals surface area (Å²) in [5.41, 5.74) is 7.95. The van der Waals surface area contributed by atoms with E-state index < -0.39 is 0 Å². The molecular weight excluding hydrogens is 260 g/mol. The van der Waals surface area contributed by atoms with Gasteiger partial charge in [-0.05, 0) is 42.8 Å². The van der Waals surface area contributed by atoms with Gasteiger partial charge < -0.3 is 11.1 Å². The van der Waals surface area contributed by atoms with Crippen molar-refractivity contribution in [3.8, 4) is 0 Å². The number of anilines is 2. The monoisotopic (exact) mass is 274 g/mol. The Labute approximate surface area is 117 Å². The van der Waals surface area contributed by atoms with E-state index in [0.717, 1.165) is 5.56 Å². The van der Waals surface area contributed by atoms with Crippen molar-refractivity contribution in [2.75, 3.05) is 11.1 Å². The second kappa shape index (κ2) is 5.76. The predicted octanol–water partition coefficient (Wildman–Crippen LogP) is 3.66. The summed E-state index contributed by atoms with van der Waals surface area (Å²) in [6.45, 7) is 1.84. The zero-order valence-corrected chi connectivity index (χ0v) is 11.3. The van der Waals surface area contributed by atoms with Crippen LogP contribution in [0.2, 0.25) is 5.02 Å². The van der Waals surface area contributed by atoms with Crippen LogP contribution in [0.5, 0.6) is 0 Å². The molecule has 0 fully saturated rings. The maximum absolute atomic E-state index is 12.1. The smallest absolute Gasteiger partial charge is 0.231 e. The molecule has 2 rings (SSSR count). The Balaban J connectivity index is 2.12. The van der Waals surface area contributed by atoms with E-state index in [9.17, 15) is 4.79 Å². The van der Waals surface area contributed by atoms with Crippen LogP contribution in [0.3, 0.4) is 0 Å². The zero-order chi connectivity index (χ0) is 13.8. The number of nitrogens with two attached hydrogens (primary N) is 1. The number of carbonyl (C=O) groups is 1. The SMILES string of the molecule is CC(C(=O)Nc1cccc(Cl)c1)c1cccc(N)c1. The molecule has 4 heteroatoms. The Morgan fingerprint density at radius 1 is 1.21 bits per heavy atom. The van der Waals surface area contributed by atoms with E-state index in [-0.39, 0.29) is 11.8 Å². The van der Waals surface area contributed by atoms with Gasteiger partial charge in [0.1, 0.15) is 0 Å². The molecule has 0 bridgehead atoms. The summed E-state index contributed by atoms with van der Waals surface area (Å²) < 4.78 is 0. The van der Waals surface area contributed by atoms with Gasteiger partial charge in [-0.2, -0.15) is 0 Å². The van der Waals surface area contributed by atoms with E-state index in [1.807, 2.05) is 25.1 Å². The van der Waals surface area contributed by atoms with Gasteiger partial charge >= 0.3 is 0 Å². The second-order valence-corrected chi connectivity index (χ2v) is 4.83. The Kier molecular flexibility index (Phi) is 4.07.